The molecular weight excluding hydrogens is 388 g/mol. The lowest BCUT2D eigenvalue weighted by Gasteiger charge is -2.07. The number of aliphatic carboxylic acids is 1. The number of fused-ring (bicyclic) bond motifs is 2. The van der Waals surface area contributed by atoms with E-state index in [2.05, 4.69) is 91.5 Å². The van der Waals surface area contributed by atoms with Crippen LogP contribution in [0.5, 0.6) is 0 Å². The van der Waals surface area contributed by atoms with Crippen LogP contribution in [0.2, 0.25) is 0 Å². The van der Waals surface area contributed by atoms with Crippen LogP contribution < -0.4 is 0 Å². The number of carbonyl (C=O) groups is 1. The summed E-state index contributed by atoms with van der Waals surface area (Å²) in [6.45, 7) is 2.96. The lowest BCUT2D eigenvalue weighted by Crippen LogP contribution is -1.89. The Morgan fingerprint density at radius 2 is 1.50 bits per heavy atom. The summed E-state index contributed by atoms with van der Waals surface area (Å²) in [6.07, 6.45) is 4.49. The number of rotatable bonds is 7. The normalized spacial score (nSPS) is 10.4. The third-order valence-corrected chi connectivity index (χ3v) is 5.96. The van der Waals surface area contributed by atoms with Crippen molar-refractivity contribution in [3.63, 3.8) is 0 Å². The number of carboxylic acid groups (broad SMARTS) is 1. The van der Waals surface area contributed by atoms with Crippen molar-refractivity contribution in [3.05, 3.63) is 103 Å². The van der Waals surface area contributed by atoms with Crippen molar-refractivity contribution in [1.29, 1.82) is 0 Å². The maximum atomic E-state index is 9.25. The van der Waals surface area contributed by atoms with Gasteiger partial charge in [0, 0.05) is 11.0 Å². The zero-order valence-electron chi connectivity index (χ0n) is 17.0. The van der Waals surface area contributed by atoms with Gasteiger partial charge < -0.3 is 5.11 Å². The van der Waals surface area contributed by atoms with Gasteiger partial charge in [0.15, 0.2) is 0 Å². The number of carboxylic acids is 1. The van der Waals surface area contributed by atoms with Gasteiger partial charge in [-0.1, -0.05) is 79.4 Å². The van der Waals surface area contributed by atoms with Gasteiger partial charge >= 0.3 is 5.97 Å². The minimum atomic E-state index is -0.981. The highest BCUT2D eigenvalue weighted by atomic mass is 32.2. The molecule has 0 aliphatic carbocycles. The highest BCUT2D eigenvalue weighted by Crippen LogP contribution is 2.25. The average molecular weight is 415 g/mol. The van der Waals surface area contributed by atoms with Crippen LogP contribution in [0.4, 0.5) is 0 Å². The van der Waals surface area contributed by atoms with Crippen LogP contribution in [0.3, 0.4) is 0 Å². The van der Waals surface area contributed by atoms with E-state index in [1.807, 2.05) is 11.8 Å². The topological polar surface area (TPSA) is 37.3 Å². The van der Waals surface area contributed by atoms with Crippen molar-refractivity contribution in [1.82, 2.24) is 0 Å². The van der Waals surface area contributed by atoms with Crippen LogP contribution in [0.25, 0.3) is 21.5 Å². The first-order valence-corrected chi connectivity index (χ1v) is 11.1. The maximum absolute atomic E-state index is 9.25. The summed E-state index contributed by atoms with van der Waals surface area (Å²) >= 11 is 1.97. The molecule has 0 saturated carbocycles. The van der Waals surface area contributed by atoms with E-state index < -0.39 is 5.97 Å². The van der Waals surface area contributed by atoms with Gasteiger partial charge in [-0.05, 0) is 64.3 Å². The summed E-state index contributed by atoms with van der Waals surface area (Å²) in [5.41, 5.74) is 1.48. The molecule has 0 aliphatic rings. The van der Waals surface area contributed by atoms with E-state index in [1.54, 1.807) is 0 Å². The standard InChI is InChI=1S/C24H22S.C3H4O2/c1-2-11-22-18-23(16-15-19(22)8-1)25-17-6-5-10-21-13-7-12-20-9-3-4-14-24(20)21;1-2-3(4)5/h1-4,7-9,11-16,18H,5-6,10,17H2;2H,1H2,(H,4,5). The Balaban J connectivity index is 0.000000461. The molecule has 4 aromatic rings. The second-order valence-corrected chi connectivity index (χ2v) is 8.16. The Morgan fingerprint density at radius 3 is 2.27 bits per heavy atom. The van der Waals surface area contributed by atoms with E-state index in [9.17, 15) is 4.79 Å². The highest BCUT2D eigenvalue weighted by molar-refractivity contribution is 7.99. The first kappa shape index (κ1) is 21.7. The number of benzene rings is 4. The van der Waals surface area contributed by atoms with Gasteiger partial charge in [-0.15, -0.1) is 11.8 Å². The SMILES string of the molecule is C=CC(=O)O.c1ccc2cc(SCCCCc3cccc4ccccc34)ccc2c1. The first-order chi connectivity index (χ1) is 14.7. The summed E-state index contributed by atoms with van der Waals surface area (Å²) in [6, 6.07) is 30.7. The predicted octanol–water partition coefficient (Wildman–Crippen LogP) is 7.37. The molecule has 3 heteroatoms. The van der Waals surface area contributed by atoms with Crippen LogP contribution in [0, 0.1) is 0 Å². The molecule has 0 amide bonds. The van der Waals surface area contributed by atoms with Crippen molar-refractivity contribution in [2.24, 2.45) is 0 Å². The molecule has 2 nitrogen and oxygen atoms in total. The monoisotopic (exact) mass is 414 g/mol. The van der Waals surface area contributed by atoms with Crippen molar-refractivity contribution in [2.45, 2.75) is 24.2 Å². The van der Waals surface area contributed by atoms with Gasteiger partial charge in [-0.25, -0.2) is 4.79 Å². The maximum Gasteiger partial charge on any atom is 0.327 e. The van der Waals surface area contributed by atoms with Crippen molar-refractivity contribution < 1.29 is 9.90 Å². The van der Waals surface area contributed by atoms with Gasteiger partial charge in [0.2, 0.25) is 0 Å². The molecule has 0 atom stereocenters. The summed E-state index contributed by atoms with van der Waals surface area (Å²) in [5, 5.41) is 13.0. The molecule has 0 fully saturated rings. The number of hydrogen-bond acceptors (Lipinski definition) is 2. The Kier molecular flexibility index (Phi) is 8.10. The van der Waals surface area contributed by atoms with E-state index in [0.717, 1.165) is 6.08 Å². The number of thioether (sulfide) groups is 1. The molecule has 0 radical (unpaired) electrons. The first-order valence-electron chi connectivity index (χ1n) is 10.1. The molecule has 0 spiro atoms. The number of hydrogen-bond donors (Lipinski definition) is 1. The van der Waals surface area contributed by atoms with Gasteiger partial charge in [0.05, 0.1) is 0 Å². The number of unbranched alkanes of at least 4 members (excludes halogenated alkanes) is 1. The van der Waals surface area contributed by atoms with Crippen LogP contribution in [-0.4, -0.2) is 16.8 Å². The molecule has 0 bridgehead atoms. The van der Waals surface area contributed by atoms with Gasteiger partial charge in [-0.3, -0.25) is 0 Å². The average Bonchev–Trinajstić information content (AvgIpc) is 2.79. The van der Waals surface area contributed by atoms with E-state index in [4.69, 9.17) is 5.11 Å². The largest absolute Gasteiger partial charge is 0.478 e. The Morgan fingerprint density at radius 1 is 0.833 bits per heavy atom. The lowest BCUT2D eigenvalue weighted by atomic mass is 10.0. The van der Waals surface area contributed by atoms with E-state index in [1.165, 1.54) is 57.0 Å². The third kappa shape index (κ3) is 6.23. The molecule has 1 N–H and O–H groups in total. The predicted molar refractivity (Wildman–Crippen MR) is 129 cm³/mol. The fourth-order valence-electron chi connectivity index (χ4n) is 3.38. The van der Waals surface area contributed by atoms with E-state index in [0.29, 0.717) is 0 Å². The van der Waals surface area contributed by atoms with E-state index >= 15 is 0 Å². The molecule has 152 valence electrons. The summed E-state index contributed by atoms with van der Waals surface area (Å²) in [4.78, 5) is 10.6. The smallest absolute Gasteiger partial charge is 0.327 e. The second kappa shape index (κ2) is 11.2. The zero-order chi connectivity index (χ0) is 21.2. The molecule has 0 heterocycles. The summed E-state index contributed by atoms with van der Waals surface area (Å²) in [7, 11) is 0. The van der Waals surface area contributed by atoms with Crippen LogP contribution in [-0.2, 0) is 11.2 Å². The fourth-order valence-corrected chi connectivity index (χ4v) is 4.33. The lowest BCUT2D eigenvalue weighted by molar-refractivity contribution is -0.131. The molecule has 0 unspecified atom stereocenters. The molecule has 0 aromatic heterocycles. The van der Waals surface area contributed by atoms with Crippen molar-refractivity contribution in [3.8, 4) is 0 Å². The van der Waals surface area contributed by atoms with Crippen molar-refractivity contribution in [2.75, 3.05) is 5.75 Å². The second-order valence-electron chi connectivity index (χ2n) is 7.00. The highest BCUT2D eigenvalue weighted by Gasteiger charge is 2.01. The fraction of sp³-hybridized carbons (Fsp3) is 0.148. The van der Waals surface area contributed by atoms with Crippen LogP contribution >= 0.6 is 11.8 Å². The summed E-state index contributed by atoms with van der Waals surface area (Å²) < 4.78 is 0. The number of aryl methyl sites for hydroxylation is 1. The van der Waals surface area contributed by atoms with Gasteiger partial charge in [0.25, 0.3) is 0 Å². The van der Waals surface area contributed by atoms with Crippen molar-refractivity contribution >= 4 is 39.3 Å². The molecule has 4 aromatic carbocycles. The quantitative estimate of drug-likeness (QED) is 0.195. The minimum absolute atomic E-state index is 0.833. The molecule has 0 saturated heterocycles. The third-order valence-electron chi connectivity index (χ3n) is 4.88. The molecule has 0 aliphatic heterocycles. The Labute approximate surface area is 182 Å². The summed E-state index contributed by atoms with van der Waals surface area (Å²) in [5.74, 6) is 0.202. The minimum Gasteiger partial charge on any atom is -0.478 e. The molecular formula is C27H26O2S. The zero-order valence-corrected chi connectivity index (χ0v) is 17.8. The molecule has 30 heavy (non-hydrogen) atoms. The van der Waals surface area contributed by atoms with Gasteiger partial charge in [0.1, 0.15) is 0 Å². The van der Waals surface area contributed by atoms with Crippen LogP contribution in [0.1, 0.15) is 18.4 Å². The Bertz CT molecular complexity index is 1130. The van der Waals surface area contributed by atoms with E-state index in [-0.39, 0.29) is 0 Å². The molecule has 4 rings (SSSR count). The van der Waals surface area contributed by atoms with Crippen LogP contribution in [0.15, 0.2) is 102 Å². The van der Waals surface area contributed by atoms with Gasteiger partial charge in [-0.2, -0.15) is 0 Å². The Hall–Kier alpha value is -3.04.